The number of pyridine rings is 1. The van der Waals surface area contributed by atoms with E-state index in [1.54, 1.807) is 13.1 Å². The van der Waals surface area contributed by atoms with Crippen molar-refractivity contribution in [3.8, 4) is 5.69 Å². The third kappa shape index (κ3) is 3.56. The standard InChI is InChI=1S/C19H22N6O/c1-12-6-8-16(13(2)10-12)25-22-14(3)18(23-25)19(26)21-15-7-9-17(20-11-15)24(4)5/h6-11H,1-5H3,(H,21,26). The van der Waals surface area contributed by atoms with E-state index in [0.29, 0.717) is 17.1 Å². The maximum absolute atomic E-state index is 12.6. The Morgan fingerprint density at radius 1 is 1.08 bits per heavy atom. The molecule has 0 atom stereocenters. The van der Waals surface area contributed by atoms with Crippen LogP contribution in [0.2, 0.25) is 0 Å². The molecule has 2 aromatic heterocycles. The maximum atomic E-state index is 12.6. The normalized spacial score (nSPS) is 10.7. The van der Waals surface area contributed by atoms with Gasteiger partial charge in [0.25, 0.3) is 5.91 Å². The minimum atomic E-state index is -0.307. The van der Waals surface area contributed by atoms with Crippen LogP contribution in [0.25, 0.3) is 5.69 Å². The maximum Gasteiger partial charge on any atom is 0.278 e. The minimum absolute atomic E-state index is 0.293. The van der Waals surface area contributed by atoms with Crippen molar-refractivity contribution in [1.82, 2.24) is 20.0 Å². The number of nitrogens with one attached hydrogen (secondary N) is 1. The summed E-state index contributed by atoms with van der Waals surface area (Å²) in [5, 5.41) is 11.6. The minimum Gasteiger partial charge on any atom is -0.363 e. The first-order chi connectivity index (χ1) is 12.3. The highest BCUT2D eigenvalue weighted by molar-refractivity contribution is 6.03. The van der Waals surface area contributed by atoms with Crippen LogP contribution in [-0.4, -0.2) is 40.0 Å². The zero-order chi connectivity index (χ0) is 18.8. The van der Waals surface area contributed by atoms with E-state index in [2.05, 4.69) is 26.6 Å². The second-order valence-corrected chi connectivity index (χ2v) is 6.47. The molecule has 0 radical (unpaired) electrons. The van der Waals surface area contributed by atoms with Gasteiger partial charge in [-0.25, -0.2) is 4.98 Å². The Hall–Kier alpha value is -3.22. The molecule has 3 aromatic rings. The Balaban J connectivity index is 1.83. The fraction of sp³-hybridized carbons (Fsp3) is 0.263. The van der Waals surface area contributed by atoms with Gasteiger partial charge in [0.05, 0.1) is 23.3 Å². The van der Waals surface area contributed by atoms with Gasteiger partial charge in [-0.15, -0.1) is 5.10 Å². The van der Waals surface area contributed by atoms with Crippen LogP contribution in [-0.2, 0) is 0 Å². The summed E-state index contributed by atoms with van der Waals surface area (Å²) in [6, 6.07) is 9.67. The molecule has 0 aliphatic carbocycles. The van der Waals surface area contributed by atoms with Crippen LogP contribution in [0.3, 0.4) is 0 Å². The zero-order valence-electron chi connectivity index (χ0n) is 15.6. The Kier molecular flexibility index (Phi) is 4.71. The third-order valence-electron chi connectivity index (χ3n) is 4.03. The quantitative estimate of drug-likeness (QED) is 0.783. The predicted molar refractivity (Wildman–Crippen MR) is 102 cm³/mol. The van der Waals surface area contributed by atoms with E-state index in [-0.39, 0.29) is 5.91 Å². The highest BCUT2D eigenvalue weighted by atomic mass is 16.2. The number of hydrogen-bond acceptors (Lipinski definition) is 5. The topological polar surface area (TPSA) is 75.9 Å². The lowest BCUT2D eigenvalue weighted by molar-refractivity contribution is 0.102. The van der Waals surface area contributed by atoms with Gasteiger partial charge in [0, 0.05) is 14.1 Å². The lowest BCUT2D eigenvalue weighted by Crippen LogP contribution is -2.15. The highest BCUT2D eigenvalue weighted by Gasteiger charge is 2.17. The monoisotopic (exact) mass is 350 g/mol. The number of amides is 1. The summed E-state index contributed by atoms with van der Waals surface area (Å²) >= 11 is 0. The first-order valence-electron chi connectivity index (χ1n) is 8.31. The Morgan fingerprint density at radius 2 is 1.85 bits per heavy atom. The van der Waals surface area contributed by atoms with Crippen molar-refractivity contribution in [3.63, 3.8) is 0 Å². The average molecular weight is 350 g/mol. The van der Waals surface area contributed by atoms with Gasteiger partial charge in [-0.05, 0) is 44.5 Å². The second kappa shape index (κ2) is 6.95. The van der Waals surface area contributed by atoms with E-state index in [1.165, 1.54) is 10.4 Å². The van der Waals surface area contributed by atoms with Crippen molar-refractivity contribution in [2.45, 2.75) is 20.8 Å². The van der Waals surface area contributed by atoms with Crippen molar-refractivity contribution >= 4 is 17.4 Å². The number of nitrogens with zero attached hydrogens (tertiary/aromatic N) is 5. The van der Waals surface area contributed by atoms with Crippen LogP contribution in [0, 0.1) is 20.8 Å². The summed E-state index contributed by atoms with van der Waals surface area (Å²) in [6.07, 6.45) is 1.62. The Bertz CT molecular complexity index is 943. The molecule has 0 saturated carbocycles. The van der Waals surface area contributed by atoms with Gasteiger partial charge in [0.1, 0.15) is 5.82 Å². The van der Waals surface area contributed by atoms with Crippen molar-refractivity contribution in [2.75, 3.05) is 24.3 Å². The molecule has 3 rings (SSSR count). The second-order valence-electron chi connectivity index (χ2n) is 6.47. The van der Waals surface area contributed by atoms with Crippen LogP contribution in [0.5, 0.6) is 0 Å². The molecule has 0 aliphatic rings. The molecule has 0 saturated heterocycles. The van der Waals surface area contributed by atoms with Crippen molar-refractivity contribution in [2.24, 2.45) is 0 Å². The van der Waals surface area contributed by atoms with Crippen LogP contribution in [0.1, 0.15) is 27.3 Å². The number of carbonyl (C=O) groups excluding carboxylic acids is 1. The molecule has 2 heterocycles. The summed E-state index contributed by atoms with van der Waals surface area (Å²) in [5.74, 6) is 0.512. The number of carbonyl (C=O) groups is 1. The zero-order valence-corrected chi connectivity index (χ0v) is 15.6. The number of rotatable bonds is 4. The van der Waals surface area contributed by atoms with Crippen LogP contribution >= 0.6 is 0 Å². The summed E-state index contributed by atoms with van der Waals surface area (Å²) in [6.45, 7) is 5.81. The number of hydrogen-bond donors (Lipinski definition) is 1. The molecule has 1 N–H and O–H groups in total. The lowest BCUT2D eigenvalue weighted by atomic mass is 10.1. The summed E-state index contributed by atoms with van der Waals surface area (Å²) < 4.78 is 0. The van der Waals surface area contributed by atoms with Gasteiger partial charge in [0.2, 0.25) is 0 Å². The molecule has 1 aromatic carbocycles. The first-order valence-corrected chi connectivity index (χ1v) is 8.31. The Labute approximate surface area is 152 Å². The smallest absolute Gasteiger partial charge is 0.278 e. The van der Waals surface area contributed by atoms with Crippen LogP contribution < -0.4 is 10.2 Å². The molecule has 134 valence electrons. The number of aromatic nitrogens is 4. The van der Waals surface area contributed by atoms with Gasteiger partial charge < -0.3 is 10.2 Å². The van der Waals surface area contributed by atoms with E-state index in [0.717, 1.165) is 17.1 Å². The molecule has 0 unspecified atom stereocenters. The molecule has 1 amide bonds. The van der Waals surface area contributed by atoms with Crippen molar-refractivity contribution in [3.05, 3.63) is 59.0 Å². The number of anilines is 2. The summed E-state index contributed by atoms with van der Waals surface area (Å²) in [5.41, 5.74) is 4.55. The largest absolute Gasteiger partial charge is 0.363 e. The van der Waals surface area contributed by atoms with Gasteiger partial charge in [-0.2, -0.15) is 9.90 Å². The molecule has 26 heavy (non-hydrogen) atoms. The Morgan fingerprint density at radius 3 is 2.46 bits per heavy atom. The lowest BCUT2D eigenvalue weighted by Gasteiger charge is -2.11. The van der Waals surface area contributed by atoms with Gasteiger partial charge >= 0.3 is 0 Å². The van der Waals surface area contributed by atoms with Crippen LogP contribution in [0.15, 0.2) is 36.5 Å². The van der Waals surface area contributed by atoms with E-state index in [4.69, 9.17) is 0 Å². The average Bonchev–Trinajstić information content (AvgIpc) is 2.97. The molecule has 7 heteroatoms. The van der Waals surface area contributed by atoms with Crippen molar-refractivity contribution < 1.29 is 4.79 Å². The molecule has 7 nitrogen and oxygen atoms in total. The third-order valence-corrected chi connectivity index (χ3v) is 4.03. The highest BCUT2D eigenvalue weighted by Crippen LogP contribution is 2.17. The van der Waals surface area contributed by atoms with E-state index >= 15 is 0 Å². The summed E-state index contributed by atoms with van der Waals surface area (Å²) in [4.78, 5) is 20.3. The number of aryl methyl sites for hydroxylation is 3. The molecule has 0 bridgehead atoms. The predicted octanol–water partition coefficient (Wildman–Crippen LogP) is 2.91. The van der Waals surface area contributed by atoms with Gasteiger partial charge in [0.15, 0.2) is 5.69 Å². The van der Waals surface area contributed by atoms with Crippen molar-refractivity contribution in [1.29, 1.82) is 0 Å². The number of benzene rings is 1. The molecule has 0 spiro atoms. The molecular formula is C19H22N6O. The molecular weight excluding hydrogens is 328 g/mol. The van der Waals surface area contributed by atoms with E-state index in [1.807, 2.05) is 57.1 Å². The van der Waals surface area contributed by atoms with E-state index in [9.17, 15) is 4.79 Å². The molecule has 0 fully saturated rings. The summed E-state index contributed by atoms with van der Waals surface area (Å²) in [7, 11) is 3.82. The van der Waals surface area contributed by atoms with Gasteiger partial charge in [-0.1, -0.05) is 17.7 Å². The van der Waals surface area contributed by atoms with E-state index < -0.39 is 0 Å². The van der Waals surface area contributed by atoms with Gasteiger partial charge in [-0.3, -0.25) is 4.79 Å². The van der Waals surface area contributed by atoms with Crippen LogP contribution in [0.4, 0.5) is 11.5 Å². The first kappa shape index (κ1) is 17.6. The molecule has 0 aliphatic heterocycles. The SMILES string of the molecule is Cc1ccc(-n2nc(C)c(C(=O)Nc3ccc(N(C)C)nc3)n2)c(C)c1. The fourth-order valence-corrected chi connectivity index (χ4v) is 2.64. The fourth-order valence-electron chi connectivity index (χ4n) is 2.64.